The first kappa shape index (κ1) is 33.7. The summed E-state index contributed by atoms with van der Waals surface area (Å²) in [5.41, 5.74) is 0.766. The number of nitrogens with zero attached hydrogens (tertiary/aromatic N) is 2. The molecule has 242 valence electrons. The first-order valence-electron chi connectivity index (χ1n) is 14.8. The van der Waals surface area contributed by atoms with Crippen molar-refractivity contribution >= 4 is 78.1 Å². The van der Waals surface area contributed by atoms with Gasteiger partial charge in [0.25, 0.3) is 15.9 Å². The van der Waals surface area contributed by atoms with E-state index < -0.39 is 16.1 Å². The second-order valence-corrected chi connectivity index (χ2v) is 15.1. The largest absolute Gasteiger partial charge is 0.340 e. The maximum atomic E-state index is 13.6. The van der Waals surface area contributed by atoms with Gasteiger partial charge in [0.1, 0.15) is 10.9 Å². The van der Waals surface area contributed by atoms with Crippen molar-refractivity contribution in [1.29, 1.82) is 0 Å². The Bertz CT molecular complexity index is 1840. The van der Waals surface area contributed by atoms with Crippen LogP contribution in [0, 0.1) is 5.92 Å². The third-order valence-electron chi connectivity index (χ3n) is 7.69. The van der Waals surface area contributed by atoms with Crippen molar-refractivity contribution in [2.24, 2.45) is 5.92 Å². The van der Waals surface area contributed by atoms with Crippen LogP contribution in [0.1, 0.15) is 35.5 Å². The third kappa shape index (κ3) is 8.01. The lowest BCUT2D eigenvalue weighted by Gasteiger charge is -2.37. The zero-order valence-electron chi connectivity index (χ0n) is 25.3. The van der Waals surface area contributed by atoms with Crippen molar-refractivity contribution in [3.8, 4) is 0 Å². The molecule has 1 fully saturated rings. The molecule has 0 aliphatic carbocycles. The second-order valence-electron chi connectivity index (χ2n) is 11.5. The van der Waals surface area contributed by atoms with Gasteiger partial charge >= 0.3 is 0 Å². The number of hydrogen-bond donors (Lipinski definition) is 2. The number of piperazine rings is 1. The van der Waals surface area contributed by atoms with Gasteiger partial charge in [-0.15, -0.1) is 11.3 Å². The topological polar surface area (TPSA) is 116 Å². The van der Waals surface area contributed by atoms with Crippen molar-refractivity contribution in [3.05, 3.63) is 93.3 Å². The molecule has 0 saturated carbocycles. The Balaban J connectivity index is 1.20. The predicted octanol–water partition coefficient (Wildman–Crippen LogP) is 6.07. The van der Waals surface area contributed by atoms with Crippen LogP contribution in [0.3, 0.4) is 0 Å². The van der Waals surface area contributed by atoms with E-state index in [2.05, 4.69) is 10.0 Å². The van der Waals surface area contributed by atoms with Crippen LogP contribution in [-0.2, 0) is 26.0 Å². The second kappa shape index (κ2) is 14.4. The highest BCUT2D eigenvalue weighted by Gasteiger charge is 2.31. The smallest absolute Gasteiger partial charge is 0.263 e. The van der Waals surface area contributed by atoms with Gasteiger partial charge < -0.3 is 15.1 Å². The van der Waals surface area contributed by atoms with Crippen LogP contribution in [0.4, 0.5) is 5.69 Å². The van der Waals surface area contributed by atoms with Gasteiger partial charge in [0.2, 0.25) is 11.8 Å². The maximum absolute atomic E-state index is 13.6. The van der Waals surface area contributed by atoms with Crippen molar-refractivity contribution in [2.75, 3.05) is 30.9 Å². The molecule has 3 amide bonds. The number of carbonyl (C=O) groups is 3. The molecule has 4 aromatic rings. The fourth-order valence-corrected chi connectivity index (χ4v) is 8.19. The van der Waals surface area contributed by atoms with Gasteiger partial charge in [-0.1, -0.05) is 73.4 Å². The van der Waals surface area contributed by atoms with Gasteiger partial charge in [0, 0.05) is 35.9 Å². The number of sulfonamides is 1. The SMILES string of the molecule is CC(C)C[C@H](NC(=O)c1cc2ccccc2s1)C(=O)N1CCN(C(=O)Cc2ccccc2NS(=O)(=O)c2ccc(Cl)cc2Cl)CC1. The highest BCUT2D eigenvalue weighted by Crippen LogP contribution is 2.29. The number of rotatable bonds is 10. The van der Waals surface area contributed by atoms with Crippen LogP contribution in [0.2, 0.25) is 10.0 Å². The highest BCUT2D eigenvalue weighted by atomic mass is 35.5. The molecular weight excluding hydrogens is 667 g/mol. The van der Waals surface area contributed by atoms with Crippen LogP contribution >= 0.6 is 34.5 Å². The van der Waals surface area contributed by atoms with E-state index in [0.29, 0.717) is 48.1 Å². The van der Waals surface area contributed by atoms with Crippen LogP contribution < -0.4 is 10.0 Å². The summed E-state index contributed by atoms with van der Waals surface area (Å²) in [5, 5.41) is 4.24. The fourth-order valence-electron chi connectivity index (χ4n) is 5.35. The average Bonchev–Trinajstić information content (AvgIpc) is 3.46. The summed E-state index contributed by atoms with van der Waals surface area (Å²) in [4.78, 5) is 43.9. The molecule has 5 rings (SSSR count). The van der Waals surface area contributed by atoms with E-state index >= 15 is 0 Å². The van der Waals surface area contributed by atoms with Crippen molar-refractivity contribution < 1.29 is 22.8 Å². The Morgan fingerprint density at radius 3 is 2.26 bits per heavy atom. The minimum absolute atomic E-state index is 0.0174. The van der Waals surface area contributed by atoms with Gasteiger partial charge in [-0.25, -0.2) is 8.42 Å². The van der Waals surface area contributed by atoms with Gasteiger partial charge in [-0.2, -0.15) is 0 Å². The summed E-state index contributed by atoms with van der Waals surface area (Å²) in [7, 11) is -4.05. The summed E-state index contributed by atoms with van der Waals surface area (Å²) in [6.07, 6.45) is 0.449. The maximum Gasteiger partial charge on any atom is 0.263 e. The molecule has 13 heteroatoms. The zero-order valence-corrected chi connectivity index (χ0v) is 28.5. The van der Waals surface area contributed by atoms with E-state index in [1.54, 1.807) is 34.1 Å². The number of amides is 3. The van der Waals surface area contributed by atoms with Crippen LogP contribution in [0.5, 0.6) is 0 Å². The Morgan fingerprint density at radius 1 is 0.891 bits per heavy atom. The lowest BCUT2D eigenvalue weighted by Crippen LogP contribution is -2.56. The predicted molar refractivity (Wildman–Crippen MR) is 183 cm³/mol. The van der Waals surface area contributed by atoms with E-state index in [1.807, 2.05) is 44.2 Å². The molecule has 0 unspecified atom stereocenters. The van der Waals surface area contributed by atoms with Gasteiger partial charge in [-0.3, -0.25) is 19.1 Å². The van der Waals surface area contributed by atoms with Crippen molar-refractivity contribution in [1.82, 2.24) is 15.1 Å². The summed E-state index contributed by atoms with van der Waals surface area (Å²) < 4.78 is 29.7. The Labute approximate surface area is 282 Å². The minimum Gasteiger partial charge on any atom is -0.340 e. The van der Waals surface area contributed by atoms with Crippen molar-refractivity contribution in [2.45, 2.75) is 37.6 Å². The Kier molecular flexibility index (Phi) is 10.6. The average molecular weight is 702 g/mol. The van der Waals surface area contributed by atoms with Gasteiger partial charge in [0.15, 0.2) is 0 Å². The number of halogens is 2. The number of carbonyl (C=O) groups excluding carboxylic acids is 3. The van der Waals surface area contributed by atoms with Gasteiger partial charge in [0.05, 0.1) is 22.0 Å². The summed E-state index contributed by atoms with van der Waals surface area (Å²) in [6.45, 7) is 5.28. The molecule has 0 radical (unpaired) electrons. The van der Waals surface area contributed by atoms with Crippen molar-refractivity contribution in [3.63, 3.8) is 0 Å². The van der Waals surface area contributed by atoms with E-state index in [1.165, 1.54) is 29.5 Å². The number of nitrogens with one attached hydrogen (secondary N) is 2. The van der Waals surface area contributed by atoms with Crippen LogP contribution in [0.25, 0.3) is 10.1 Å². The third-order valence-corrected chi connectivity index (χ3v) is 10.9. The summed E-state index contributed by atoms with van der Waals surface area (Å²) >= 11 is 13.5. The summed E-state index contributed by atoms with van der Waals surface area (Å²) in [5.74, 6) is -0.467. The molecule has 46 heavy (non-hydrogen) atoms. The normalized spacial score (nSPS) is 14.4. The molecule has 1 aliphatic heterocycles. The lowest BCUT2D eigenvalue weighted by atomic mass is 10.0. The fraction of sp³-hybridized carbons (Fsp3) is 0.303. The molecule has 0 spiro atoms. The molecule has 1 atom stereocenters. The molecule has 0 bridgehead atoms. The molecule has 1 aromatic heterocycles. The van der Waals surface area contributed by atoms with Crippen LogP contribution in [0.15, 0.2) is 77.7 Å². The molecule has 9 nitrogen and oxygen atoms in total. The standard InChI is InChI=1S/C33H34Cl2N4O5S2/c1-21(2)17-27(36-32(41)29-18-23-8-4-6-10-28(23)45-29)33(42)39-15-13-38(14-16-39)31(40)19-22-7-3-5-9-26(22)37-46(43,44)30-12-11-24(34)20-25(30)35/h3-12,18,20-21,27,37H,13-17,19H2,1-2H3,(H,36,41)/t27-/m0/s1. The number of fused-ring (bicyclic) bond motifs is 1. The Hall–Kier alpha value is -3.64. The molecule has 1 aliphatic rings. The minimum atomic E-state index is -4.05. The molecule has 1 saturated heterocycles. The highest BCUT2D eigenvalue weighted by molar-refractivity contribution is 7.92. The number of para-hydroxylation sites is 1. The van der Waals surface area contributed by atoms with E-state index in [0.717, 1.165) is 10.1 Å². The van der Waals surface area contributed by atoms with E-state index in [4.69, 9.17) is 23.2 Å². The van der Waals surface area contributed by atoms with E-state index in [-0.39, 0.29) is 45.7 Å². The van der Waals surface area contributed by atoms with Gasteiger partial charge in [-0.05, 0) is 59.7 Å². The molecular formula is C33H34Cl2N4O5S2. The number of hydrogen-bond acceptors (Lipinski definition) is 6. The quantitative estimate of drug-likeness (QED) is 0.209. The van der Waals surface area contributed by atoms with Crippen LogP contribution in [-0.4, -0.2) is 68.2 Å². The molecule has 3 aromatic carbocycles. The Morgan fingerprint density at radius 2 is 1.57 bits per heavy atom. The first-order chi connectivity index (χ1) is 21.9. The molecule has 2 N–H and O–H groups in total. The molecule has 2 heterocycles. The number of benzene rings is 3. The van der Waals surface area contributed by atoms with E-state index in [9.17, 15) is 22.8 Å². The number of thiophene rings is 1. The number of anilines is 1. The lowest BCUT2D eigenvalue weighted by molar-refractivity contribution is -0.140. The summed E-state index contributed by atoms with van der Waals surface area (Å²) in [6, 6.07) is 19.7. The monoisotopic (exact) mass is 700 g/mol. The zero-order chi connectivity index (χ0) is 33.0. The first-order valence-corrected chi connectivity index (χ1v) is 17.9.